The highest BCUT2D eigenvalue weighted by Gasteiger charge is 2.31. The van der Waals surface area contributed by atoms with Gasteiger partial charge in [0.1, 0.15) is 0 Å². The van der Waals surface area contributed by atoms with Gasteiger partial charge in [-0.15, -0.1) is 11.3 Å². The number of ether oxygens (including phenoxy) is 1. The summed E-state index contributed by atoms with van der Waals surface area (Å²) in [6, 6.07) is 5.26. The first-order chi connectivity index (χ1) is 8.26. The van der Waals surface area contributed by atoms with E-state index in [1.165, 1.54) is 4.88 Å². The Balaban J connectivity index is 2.04. The summed E-state index contributed by atoms with van der Waals surface area (Å²) in [7, 11) is 1.80. The number of nitrogens with zero attached hydrogens (tertiary/aromatic N) is 1. The molecule has 3 unspecified atom stereocenters. The first-order valence-electron chi connectivity index (χ1n) is 6.28. The third-order valence-corrected chi connectivity index (χ3v) is 4.81. The van der Waals surface area contributed by atoms with E-state index in [0.717, 1.165) is 25.9 Å². The van der Waals surface area contributed by atoms with Crippen LogP contribution in [0.5, 0.6) is 0 Å². The highest BCUT2D eigenvalue weighted by molar-refractivity contribution is 7.10. The molecular formula is C13H22N2OS. The Hall–Kier alpha value is -0.420. The minimum absolute atomic E-state index is 0.385. The number of nitrogens with two attached hydrogens (primary N) is 1. The molecule has 0 spiro atoms. The van der Waals surface area contributed by atoms with Crippen LogP contribution >= 0.6 is 11.3 Å². The van der Waals surface area contributed by atoms with Gasteiger partial charge in [0, 0.05) is 37.2 Å². The van der Waals surface area contributed by atoms with Crippen molar-refractivity contribution in [2.45, 2.75) is 38.0 Å². The average Bonchev–Trinajstić information content (AvgIpc) is 2.91. The lowest BCUT2D eigenvalue weighted by Gasteiger charge is -2.41. The Bertz CT molecular complexity index is 328. The van der Waals surface area contributed by atoms with Crippen LogP contribution in [-0.4, -0.2) is 37.2 Å². The van der Waals surface area contributed by atoms with Gasteiger partial charge < -0.3 is 10.5 Å². The molecule has 17 heavy (non-hydrogen) atoms. The van der Waals surface area contributed by atoms with Crippen LogP contribution in [-0.2, 0) is 4.74 Å². The fraction of sp³-hybridized carbons (Fsp3) is 0.692. The molecule has 3 nitrogen and oxygen atoms in total. The predicted octanol–water partition coefficient (Wildman–Crippen LogP) is 2.25. The van der Waals surface area contributed by atoms with Crippen molar-refractivity contribution in [1.29, 1.82) is 0 Å². The third-order valence-electron chi connectivity index (χ3n) is 3.77. The van der Waals surface area contributed by atoms with Gasteiger partial charge in [0.05, 0.1) is 6.10 Å². The van der Waals surface area contributed by atoms with Crippen molar-refractivity contribution >= 4 is 11.3 Å². The van der Waals surface area contributed by atoms with E-state index in [0.29, 0.717) is 18.2 Å². The summed E-state index contributed by atoms with van der Waals surface area (Å²) in [5, 5.41) is 2.14. The largest absolute Gasteiger partial charge is 0.381 e. The molecule has 0 radical (unpaired) electrons. The Morgan fingerprint density at radius 3 is 3.06 bits per heavy atom. The molecule has 0 amide bonds. The SMILES string of the molecule is COC1CCN(C(C)c2cccs2)C(CN)C1. The van der Waals surface area contributed by atoms with Gasteiger partial charge in [0.15, 0.2) is 0 Å². The standard InChI is InChI=1S/C13H22N2OS/c1-10(13-4-3-7-17-13)15-6-5-12(16-2)8-11(15)9-14/h3-4,7,10-12H,5-6,8-9,14H2,1-2H3. The van der Waals surface area contributed by atoms with E-state index in [4.69, 9.17) is 10.5 Å². The lowest BCUT2D eigenvalue weighted by molar-refractivity contribution is -0.00107. The van der Waals surface area contributed by atoms with E-state index >= 15 is 0 Å². The van der Waals surface area contributed by atoms with E-state index in [9.17, 15) is 0 Å². The zero-order valence-corrected chi connectivity index (χ0v) is 11.5. The second-order valence-electron chi connectivity index (χ2n) is 4.70. The van der Waals surface area contributed by atoms with E-state index in [-0.39, 0.29) is 0 Å². The van der Waals surface area contributed by atoms with E-state index in [2.05, 4.69) is 29.3 Å². The second kappa shape index (κ2) is 5.96. The van der Waals surface area contributed by atoms with Crippen molar-refractivity contribution in [3.8, 4) is 0 Å². The summed E-state index contributed by atoms with van der Waals surface area (Å²) in [5.74, 6) is 0. The monoisotopic (exact) mass is 254 g/mol. The molecule has 96 valence electrons. The van der Waals surface area contributed by atoms with Crippen LogP contribution in [0.2, 0.25) is 0 Å². The summed E-state index contributed by atoms with van der Waals surface area (Å²) < 4.78 is 5.46. The van der Waals surface area contributed by atoms with Crippen molar-refractivity contribution in [3.05, 3.63) is 22.4 Å². The number of methoxy groups -OCH3 is 1. The Morgan fingerprint density at radius 1 is 1.65 bits per heavy atom. The molecule has 0 bridgehead atoms. The molecule has 2 rings (SSSR count). The molecule has 1 aliphatic heterocycles. The van der Waals surface area contributed by atoms with E-state index in [1.54, 1.807) is 7.11 Å². The molecule has 1 aromatic heterocycles. The molecule has 3 atom stereocenters. The quantitative estimate of drug-likeness (QED) is 0.895. The first kappa shape index (κ1) is 13.0. The summed E-state index contributed by atoms with van der Waals surface area (Å²) in [5.41, 5.74) is 5.91. The van der Waals surface area contributed by atoms with E-state index in [1.807, 2.05) is 11.3 Å². The molecule has 0 aromatic carbocycles. The predicted molar refractivity (Wildman–Crippen MR) is 72.3 cm³/mol. The Morgan fingerprint density at radius 2 is 2.47 bits per heavy atom. The molecular weight excluding hydrogens is 232 g/mol. The molecule has 1 aliphatic rings. The molecule has 1 aromatic rings. The normalized spacial score (nSPS) is 28.2. The zero-order chi connectivity index (χ0) is 12.3. The number of rotatable bonds is 4. The molecule has 2 heterocycles. The highest BCUT2D eigenvalue weighted by Crippen LogP contribution is 2.31. The maximum Gasteiger partial charge on any atom is 0.0599 e. The summed E-state index contributed by atoms with van der Waals surface area (Å²) in [6.45, 7) is 4.08. The first-order valence-corrected chi connectivity index (χ1v) is 7.16. The fourth-order valence-electron chi connectivity index (χ4n) is 2.68. The molecule has 4 heteroatoms. The lowest BCUT2D eigenvalue weighted by atomic mass is 9.97. The van der Waals surface area contributed by atoms with E-state index < -0.39 is 0 Å². The smallest absolute Gasteiger partial charge is 0.0599 e. The topological polar surface area (TPSA) is 38.5 Å². The molecule has 1 saturated heterocycles. The summed E-state index contributed by atoms with van der Waals surface area (Å²) in [6.07, 6.45) is 2.56. The van der Waals surface area contributed by atoms with Crippen molar-refractivity contribution in [2.75, 3.05) is 20.2 Å². The number of likely N-dealkylation sites (tertiary alicyclic amines) is 1. The van der Waals surface area contributed by atoms with Crippen LogP contribution < -0.4 is 5.73 Å². The van der Waals surface area contributed by atoms with Gasteiger partial charge in [0.25, 0.3) is 0 Å². The van der Waals surface area contributed by atoms with Gasteiger partial charge >= 0.3 is 0 Å². The Kier molecular flexibility index (Phi) is 4.56. The van der Waals surface area contributed by atoms with Gasteiger partial charge in [-0.2, -0.15) is 0 Å². The highest BCUT2D eigenvalue weighted by atomic mass is 32.1. The second-order valence-corrected chi connectivity index (χ2v) is 5.68. The van der Waals surface area contributed by atoms with Gasteiger partial charge in [-0.1, -0.05) is 6.07 Å². The molecule has 0 saturated carbocycles. The zero-order valence-electron chi connectivity index (χ0n) is 10.6. The van der Waals surface area contributed by atoms with Crippen LogP contribution in [0.3, 0.4) is 0 Å². The van der Waals surface area contributed by atoms with Crippen molar-refractivity contribution in [3.63, 3.8) is 0 Å². The average molecular weight is 254 g/mol. The van der Waals surface area contributed by atoms with Crippen molar-refractivity contribution in [1.82, 2.24) is 4.90 Å². The number of hydrogen-bond donors (Lipinski definition) is 1. The van der Waals surface area contributed by atoms with Crippen LogP contribution in [0.4, 0.5) is 0 Å². The molecule has 0 aliphatic carbocycles. The van der Waals surface area contributed by atoms with Crippen LogP contribution in [0.1, 0.15) is 30.7 Å². The minimum atomic E-state index is 0.385. The lowest BCUT2D eigenvalue weighted by Crippen LogP contribution is -2.49. The summed E-state index contributed by atoms with van der Waals surface area (Å²) >= 11 is 1.83. The maximum atomic E-state index is 5.91. The van der Waals surface area contributed by atoms with Gasteiger partial charge in [-0.25, -0.2) is 0 Å². The van der Waals surface area contributed by atoms with Crippen molar-refractivity contribution < 1.29 is 4.74 Å². The van der Waals surface area contributed by atoms with Gasteiger partial charge in [-0.05, 0) is 31.2 Å². The van der Waals surface area contributed by atoms with Gasteiger partial charge in [0.2, 0.25) is 0 Å². The van der Waals surface area contributed by atoms with Crippen LogP contribution in [0, 0.1) is 0 Å². The van der Waals surface area contributed by atoms with Crippen LogP contribution in [0.15, 0.2) is 17.5 Å². The third kappa shape index (κ3) is 2.88. The number of thiophene rings is 1. The summed E-state index contributed by atoms with van der Waals surface area (Å²) in [4.78, 5) is 3.96. The van der Waals surface area contributed by atoms with Gasteiger partial charge in [-0.3, -0.25) is 4.90 Å². The minimum Gasteiger partial charge on any atom is -0.381 e. The maximum absolute atomic E-state index is 5.91. The molecule has 1 fully saturated rings. The Labute approximate surface area is 108 Å². The number of hydrogen-bond acceptors (Lipinski definition) is 4. The fourth-order valence-corrected chi connectivity index (χ4v) is 3.48. The number of piperidine rings is 1. The van der Waals surface area contributed by atoms with Crippen molar-refractivity contribution in [2.24, 2.45) is 5.73 Å². The molecule has 2 N–H and O–H groups in total. The van der Waals surface area contributed by atoms with Crippen LogP contribution in [0.25, 0.3) is 0 Å².